The largest absolute Gasteiger partial charge is 0.348 e. The van der Waals surface area contributed by atoms with Crippen molar-refractivity contribution in [2.75, 3.05) is 0 Å². The number of carbonyl (C=O) groups excluding carboxylic acids is 1. The van der Waals surface area contributed by atoms with E-state index in [9.17, 15) is 14.0 Å². The highest BCUT2D eigenvalue weighted by Gasteiger charge is 2.30. The Labute approximate surface area is 165 Å². The molecule has 1 amide bonds. The van der Waals surface area contributed by atoms with Crippen molar-refractivity contribution in [3.63, 3.8) is 0 Å². The van der Waals surface area contributed by atoms with Gasteiger partial charge in [0, 0.05) is 28.9 Å². The van der Waals surface area contributed by atoms with Crippen molar-refractivity contribution in [2.45, 2.75) is 38.3 Å². The summed E-state index contributed by atoms with van der Waals surface area (Å²) < 4.78 is 16.7. The standard InChI is InChI=1S/C19H19ClFN5O2/c1-10(16-13(20)4-3-5-14(16)21)23-15(27)9-26-19(28)18-12(8-22-26)17(11-6-7-11)24-25(18)2/h3-5,8,10-11H,6-7,9H2,1-2H3,(H,23,27)/t10-/m0/s1. The number of hydrogen-bond donors (Lipinski definition) is 1. The lowest BCUT2D eigenvalue weighted by atomic mass is 10.1. The number of carbonyl (C=O) groups is 1. The van der Waals surface area contributed by atoms with Gasteiger partial charge in [-0.15, -0.1) is 0 Å². The second-order valence-corrected chi connectivity index (χ2v) is 7.48. The summed E-state index contributed by atoms with van der Waals surface area (Å²) in [4.78, 5) is 25.2. The molecule has 1 aliphatic rings. The predicted octanol–water partition coefficient (Wildman–Crippen LogP) is 2.68. The zero-order valence-electron chi connectivity index (χ0n) is 15.4. The van der Waals surface area contributed by atoms with Crippen molar-refractivity contribution >= 4 is 28.4 Å². The van der Waals surface area contributed by atoms with Crippen LogP contribution in [0, 0.1) is 5.82 Å². The summed E-state index contributed by atoms with van der Waals surface area (Å²) >= 11 is 6.04. The van der Waals surface area contributed by atoms with E-state index < -0.39 is 17.8 Å². The number of hydrogen-bond acceptors (Lipinski definition) is 4. The Morgan fingerprint density at radius 3 is 2.86 bits per heavy atom. The third kappa shape index (κ3) is 3.28. The molecule has 0 aliphatic heterocycles. The number of halogens is 2. The van der Waals surface area contributed by atoms with E-state index in [4.69, 9.17) is 11.6 Å². The van der Waals surface area contributed by atoms with Crippen LogP contribution in [0.5, 0.6) is 0 Å². The summed E-state index contributed by atoms with van der Waals surface area (Å²) in [6.45, 7) is 1.35. The first-order valence-electron chi connectivity index (χ1n) is 9.02. The molecule has 0 radical (unpaired) electrons. The Morgan fingerprint density at radius 1 is 1.43 bits per heavy atom. The van der Waals surface area contributed by atoms with Gasteiger partial charge in [0.05, 0.1) is 17.9 Å². The lowest BCUT2D eigenvalue weighted by Crippen LogP contribution is -2.35. The van der Waals surface area contributed by atoms with E-state index in [-0.39, 0.29) is 22.7 Å². The maximum Gasteiger partial charge on any atom is 0.293 e. The molecule has 2 heterocycles. The molecular weight excluding hydrogens is 385 g/mol. The molecule has 9 heteroatoms. The fourth-order valence-corrected chi connectivity index (χ4v) is 3.76. The fraction of sp³-hybridized carbons (Fsp3) is 0.368. The van der Waals surface area contributed by atoms with Crippen molar-refractivity contribution in [3.8, 4) is 0 Å². The molecule has 146 valence electrons. The lowest BCUT2D eigenvalue weighted by molar-refractivity contribution is -0.122. The third-order valence-electron chi connectivity index (χ3n) is 4.94. The van der Waals surface area contributed by atoms with Gasteiger partial charge in [-0.05, 0) is 31.9 Å². The topological polar surface area (TPSA) is 81.8 Å². The zero-order chi connectivity index (χ0) is 20.0. The van der Waals surface area contributed by atoms with E-state index in [0.29, 0.717) is 11.4 Å². The van der Waals surface area contributed by atoms with Crippen LogP contribution in [0.4, 0.5) is 4.39 Å². The van der Waals surface area contributed by atoms with Crippen LogP contribution in [0.1, 0.15) is 43.0 Å². The number of aryl methyl sites for hydroxylation is 1. The summed E-state index contributed by atoms with van der Waals surface area (Å²) in [5.41, 5.74) is 1.14. The Bertz CT molecular complexity index is 1120. The average molecular weight is 404 g/mol. The van der Waals surface area contributed by atoms with E-state index in [1.54, 1.807) is 30.9 Å². The molecule has 2 aromatic heterocycles. The van der Waals surface area contributed by atoms with Gasteiger partial charge in [-0.3, -0.25) is 14.3 Å². The van der Waals surface area contributed by atoms with E-state index in [2.05, 4.69) is 15.5 Å². The molecule has 0 unspecified atom stereocenters. The third-order valence-corrected chi connectivity index (χ3v) is 5.27. The summed E-state index contributed by atoms with van der Waals surface area (Å²) in [5, 5.41) is 12.2. The molecule has 4 rings (SSSR count). The van der Waals surface area contributed by atoms with Crippen molar-refractivity contribution in [1.82, 2.24) is 24.9 Å². The van der Waals surface area contributed by atoms with Gasteiger partial charge in [0.1, 0.15) is 17.9 Å². The number of rotatable bonds is 5. The molecule has 1 aromatic carbocycles. The van der Waals surface area contributed by atoms with Gasteiger partial charge in [-0.2, -0.15) is 10.2 Å². The monoisotopic (exact) mass is 403 g/mol. The van der Waals surface area contributed by atoms with Gasteiger partial charge in [0.15, 0.2) is 0 Å². The van der Waals surface area contributed by atoms with Crippen LogP contribution in [0.2, 0.25) is 5.02 Å². The minimum atomic E-state index is -0.654. The van der Waals surface area contributed by atoms with Crippen LogP contribution in [0.3, 0.4) is 0 Å². The molecule has 1 aliphatic carbocycles. The second-order valence-electron chi connectivity index (χ2n) is 7.08. The van der Waals surface area contributed by atoms with Gasteiger partial charge >= 0.3 is 0 Å². The van der Waals surface area contributed by atoms with E-state index in [1.165, 1.54) is 12.1 Å². The molecular formula is C19H19ClFN5O2. The number of aromatic nitrogens is 4. The van der Waals surface area contributed by atoms with Crippen molar-refractivity contribution < 1.29 is 9.18 Å². The van der Waals surface area contributed by atoms with Crippen LogP contribution < -0.4 is 10.9 Å². The zero-order valence-corrected chi connectivity index (χ0v) is 16.2. The van der Waals surface area contributed by atoms with E-state index in [1.807, 2.05) is 0 Å². The number of nitrogens with zero attached hydrogens (tertiary/aromatic N) is 4. The maximum atomic E-state index is 14.0. The van der Waals surface area contributed by atoms with Crippen molar-refractivity contribution in [2.24, 2.45) is 7.05 Å². The number of fused-ring (bicyclic) bond motifs is 1. The van der Waals surface area contributed by atoms with Gasteiger partial charge in [0.25, 0.3) is 5.56 Å². The quantitative estimate of drug-likeness (QED) is 0.710. The van der Waals surface area contributed by atoms with Crippen molar-refractivity contribution in [1.29, 1.82) is 0 Å². The van der Waals surface area contributed by atoms with Gasteiger partial charge in [-0.25, -0.2) is 9.07 Å². The van der Waals surface area contributed by atoms with Crippen LogP contribution >= 0.6 is 11.6 Å². The average Bonchev–Trinajstić information content (AvgIpc) is 3.41. The van der Waals surface area contributed by atoms with Gasteiger partial charge in [0.2, 0.25) is 5.91 Å². The Balaban J connectivity index is 1.56. The van der Waals surface area contributed by atoms with Crippen molar-refractivity contribution in [3.05, 3.63) is 56.8 Å². The van der Waals surface area contributed by atoms with Crippen LogP contribution in [-0.2, 0) is 18.4 Å². The molecule has 1 N–H and O–H groups in total. The summed E-state index contributed by atoms with van der Waals surface area (Å²) in [6, 6.07) is 3.68. The molecule has 0 saturated heterocycles. The minimum absolute atomic E-state index is 0.203. The molecule has 1 saturated carbocycles. The number of nitrogens with one attached hydrogen (secondary N) is 1. The second kappa shape index (κ2) is 7.01. The molecule has 1 atom stereocenters. The number of amides is 1. The molecule has 0 spiro atoms. The predicted molar refractivity (Wildman–Crippen MR) is 103 cm³/mol. The lowest BCUT2D eigenvalue weighted by Gasteiger charge is -2.16. The molecule has 1 fully saturated rings. The van der Waals surface area contributed by atoms with Gasteiger partial charge < -0.3 is 5.32 Å². The number of benzene rings is 1. The Hall–Kier alpha value is -2.74. The molecule has 7 nitrogen and oxygen atoms in total. The minimum Gasteiger partial charge on any atom is -0.348 e. The molecule has 0 bridgehead atoms. The molecule has 3 aromatic rings. The van der Waals surface area contributed by atoms with Gasteiger partial charge in [-0.1, -0.05) is 17.7 Å². The first kappa shape index (κ1) is 18.6. The molecule has 28 heavy (non-hydrogen) atoms. The normalized spacial score (nSPS) is 15.0. The van der Waals surface area contributed by atoms with E-state index >= 15 is 0 Å². The maximum absolute atomic E-state index is 14.0. The summed E-state index contributed by atoms with van der Waals surface area (Å²) in [7, 11) is 1.71. The highest BCUT2D eigenvalue weighted by molar-refractivity contribution is 6.31. The smallest absolute Gasteiger partial charge is 0.293 e. The van der Waals surface area contributed by atoms with Crippen LogP contribution in [0.15, 0.2) is 29.2 Å². The van der Waals surface area contributed by atoms with E-state index in [0.717, 1.165) is 28.6 Å². The first-order chi connectivity index (χ1) is 13.4. The Morgan fingerprint density at radius 2 is 2.18 bits per heavy atom. The first-order valence-corrected chi connectivity index (χ1v) is 9.40. The fourth-order valence-electron chi connectivity index (χ4n) is 3.43. The highest BCUT2D eigenvalue weighted by Crippen LogP contribution is 2.41. The SMILES string of the molecule is C[C@H](NC(=O)Cn1ncc2c(C3CC3)nn(C)c2c1=O)c1c(F)cccc1Cl. The van der Waals surface area contributed by atoms with Crippen LogP contribution in [-0.4, -0.2) is 25.5 Å². The van der Waals surface area contributed by atoms with Crippen LogP contribution in [0.25, 0.3) is 10.9 Å². The summed E-state index contributed by atoms with van der Waals surface area (Å²) in [5.74, 6) is -0.583. The Kier molecular flexibility index (Phi) is 4.66. The highest BCUT2D eigenvalue weighted by atomic mass is 35.5. The summed E-state index contributed by atoms with van der Waals surface area (Å²) in [6.07, 6.45) is 3.71.